The molecule has 6 rings (SSSR count). The predicted octanol–water partition coefficient (Wildman–Crippen LogP) is 2.45. The number of hydrogen-bond donors (Lipinski definition) is 1. The van der Waals surface area contributed by atoms with Crippen molar-refractivity contribution in [1.82, 2.24) is 35.0 Å². The second kappa shape index (κ2) is 10.1. The molecule has 0 spiro atoms. The monoisotopic (exact) mass is 517 g/mol. The molecule has 2 atom stereocenters. The van der Waals surface area contributed by atoms with Crippen LogP contribution in [0.15, 0.2) is 45.8 Å². The number of hydrogen-bond acceptors (Lipinski definition) is 8. The van der Waals surface area contributed by atoms with Gasteiger partial charge in [0.1, 0.15) is 6.04 Å². The van der Waals surface area contributed by atoms with Gasteiger partial charge in [-0.2, -0.15) is 0 Å². The van der Waals surface area contributed by atoms with Gasteiger partial charge in [-0.1, -0.05) is 11.6 Å². The van der Waals surface area contributed by atoms with Gasteiger partial charge in [-0.15, -0.1) is 5.10 Å². The number of rotatable bonds is 6. The van der Waals surface area contributed by atoms with Gasteiger partial charge in [-0.05, 0) is 72.3 Å². The Morgan fingerprint density at radius 3 is 2.76 bits per heavy atom. The molecule has 0 bridgehead atoms. The van der Waals surface area contributed by atoms with Crippen molar-refractivity contribution < 1.29 is 13.9 Å². The standard InChI is InChI=1S/C27H31N7O4/c1-17-13-18(2)23-19(14-17)15-21(26(35)28-23)24(25-29-30-31-34(25)16-20-5-3-11-37-20)32-7-9-33(10-8-32)27(36)22-6-4-12-38-22/h4,6,12-15,20,24H,3,5,7-11,16H2,1-2H3,(H,28,35)/t20-,24+/m0/s1. The van der Waals surface area contributed by atoms with Crippen LogP contribution in [0.2, 0.25) is 0 Å². The number of amides is 1. The number of H-pyrrole nitrogens is 1. The number of aromatic nitrogens is 5. The van der Waals surface area contributed by atoms with E-state index in [0.29, 0.717) is 49.9 Å². The number of benzene rings is 1. The summed E-state index contributed by atoms with van der Waals surface area (Å²) < 4.78 is 12.9. The molecule has 1 amide bonds. The average Bonchev–Trinajstić information content (AvgIpc) is 3.70. The summed E-state index contributed by atoms with van der Waals surface area (Å²) in [5.41, 5.74) is 3.38. The van der Waals surface area contributed by atoms with Gasteiger partial charge in [0.2, 0.25) is 0 Å². The fourth-order valence-electron chi connectivity index (χ4n) is 5.66. The van der Waals surface area contributed by atoms with Gasteiger partial charge in [-0.3, -0.25) is 14.5 Å². The number of ether oxygens (including phenoxy) is 1. The number of nitrogens with one attached hydrogen (secondary N) is 1. The smallest absolute Gasteiger partial charge is 0.289 e. The third-order valence-corrected chi connectivity index (χ3v) is 7.52. The number of nitrogens with zero attached hydrogens (tertiary/aromatic N) is 6. The Kier molecular flexibility index (Phi) is 6.54. The van der Waals surface area contributed by atoms with Gasteiger partial charge >= 0.3 is 0 Å². The first-order chi connectivity index (χ1) is 18.5. The van der Waals surface area contributed by atoms with Crippen molar-refractivity contribution in [3.8, 4) is 0 Å². The van der Waals surface area contributed by atoms with Crippen LogP contribution < -0.4 is 5.56 Å². The largest absolute Gasteiger partial charge is 0.459 e. The highest BCUT2D eigenvalue weighted by Gasteiger charge is 2.35. The van der Waals surface area contributed by atoms with Crippen molar-refractivity contribution in [2.24, 2.45) is 0 Å². The van der Waals surface area contributed by atoms with Crippen LogP contribution in [0.3, 0.4) is 0 Å². The Hall–Kier alpha value is -3.83. The number of furan rings is 1. The summed E-state index contributed by atoms with van der Waals surface area (Å²) in [4.78, 5) is 33.5. The number of carbonyl (C=O) groups excluding carboxylic acids is 1. The van der Waals surface area contributed by atoms with Crippen molar-refractivity contribution in [2.45, 2.75) is 45.4 Å². The molecular formula is C27H31N7O4. The van der Waals surface area contributed by atoms with E-state index in [4.69, 9.17) is 9.15 Å². The molecule has 2 saturated heterocycles. The third kappa shape index (κ3) is 4.63. The summed E-state index contributed by atoms with van der Waals surface area (Å²) in [7, 11) is 0. The van der Waals surface area contributed by atoms with E-state index in [1.54, 1.807) is 21.7 Å². The molecule has 0 radical (unpaired) electrons. The normalized spacial score (nSPS) is 19.3. The van der Waals surface area contributed by atoms with Gasteiger partial charge < -0.3 is 19.0 Å². The Morgan fingerprint density at radius 1 is 1.18 bits per heavy atom. The van der Waals surface area contributed by atoms with Gasteiger partial charge in [0.15, 0.2) is 11.6 Å². The maximum atomic E-state index is 13.6. The predicted molar refractivity (Wildman–Crippen MR) is 139 cm³/mol. The quantitative estimate of drug-likeness (QED) is 0.414. The van der Waals surface area contributed by atoms with Gasteiger partial charge in [-0.25, -0.2) is 4.68 Å². The summed E-state index contributed by atoms with van der Waals surface area (Å²) in [5.74, 6) is 0.789. The van der Waals surface area contributed by atoms with Crippen LogP contribution in [0.5, 0.6) is 0 Å². The zero-order valence-electron chi connectivity index (χ0n) is 21.6. The molecule has 38 heavy (non-hydrogen) atoms. The number of carbonyl (C=O) groups is 1. The number of fused-ring (bicyclic) bond motifs is 1. The van der Waals surface area contributed by atoms with Crippen molar-refractivity contribution in [3.63, 3.8) is 0 Å². The van der Waals surface area contributed by atoms with Gasteiger partial charge in [0.05, 0.1) is 24.4 Å². The highest BCUT2D eigenvalue weighted by molar-refractivity contribution is 5.91. The van der Waals surface area contributed by atoms with E-state index in [0.717, 1.165) is 41.5 Å². The van der Waals surface area contributed by atoms with E-state index in [9.17, 15) is 9.59 Å². The molecule has 2 aliphatic heterocycles. The highest BCUT2D eigenvalue weighted by Crippen LogP contribution is 2.29. The van der Waals surface area contributed by atoms with Crippen LogP contribution in [0.25, 0.3) is 10.9 Å². The van der Waals surface area contributed by atoms with Crippen LogP contribution in [0.4, 0.5) is 0 Å². The van der Waals surface area contributed by atoms with E-state index < -0.39 is 6.04 Å². The van der Waals surface area contributed by atoms with Crippen molar-refractivity contribution in [3.05, 3.63) is 75.2 Å². The lowest BCUT2D eigenvalue weighted by atomic mass is 10.00. The number of tetrazole rings is 1. The van der Waals surface area contributed by atoms with E-state index in [1.807, 2.05) is 19.9 Å². The summed E-state index contributed by atoms with van der Waals surface area (Å²) >= 11 is 0. The Bertz CT molecular complexity index is 1500. The summed E-state index contributed by atoms with van der Waals surface area (Å²) in [6, 6.07) is 9.00. The van der Waals surface area contributed by atoms with E-state index >= 15 is 0 Å². The molecule has 1 N–H and O–H groups in total. The van der Waals surface area contributed by atoms with Gasteiger partial charge in [0.25, 0.3) is 11.5 Å². The fourth-order valence-corrected chi connectivity index (χ4v) is 5.66. The number of aryl methyl sites for hydroxylation is 2. The van der Waals surface area contributed by atoms with Crippen LogP contribution in [-0.2, 0) is 11.3 Å². The van der Waals surface area contributed by atoms with Crippen molar-refractivity contribution in [2.75, 3.05) is 32.8 Å². The number of piperazine rings is 1. The Morgan fingerprint density at radius 2 is 2.03 bits per heavy atom. The van der Waals surface area contributed by atoms with E-state index in [2.05, 4.69) is 37.5 Å². The molecule has 2 aliphatic rings. The first-order valence-corrected chi connectivity index (χ1v) is 13.1. The maximum absolute atomic E-state index is 13.6. The molecular weight excluding hydrogens is 486 g/mol. The minimum atomic E-state index is -0.485. The minimum absolute atomic E-state index is 0.0425. The molecule has 0 unspecified atom stereocenters. The van der Waals surface area contributed by atoms with Crippen molar-refractivity contribution >= 4 is 16.8 Å². The third-order valence-electron chi connectivity index (χ3n) is 7.52. The van der Waals surface area contributed by atoms with Crippen molar-refractivity contribution in [1.29, 1.82) is 0 Å². The zero-order chi connectivity index (χ0) is 26.2. The lowest BCUT2D eigenvalue weighted by Crippen LogP contribution is -2.50. The Balaban J connectivity index is 1.37. The Labute approximate surface area is 219 Å². The first kappa shape index (κ1) is 24.5. The van der Waals surface area contributed by atoms with Crippen LogP contribution in [-0.4, -0.2) is 79.8 Å². The SMILES string of the molecule is Cc1cc(C)c2[nH]c(=O)c([C@H](c3nnnn3C[C@@H]3CCCO3)N3CCN(C(=O)c4ccco4)CC3)cc2c1. The van der Waals surface area contributed by atoms with Crippen LogP contribution in [0.1, 0.15) is 52.0 Å². The van der Waals surface area contributed by atoms with Gasteiger partial charge in [0, 0.05) is 38.3 Å². The average molecular weight is 518 g/mol. The molecule has 11 heteroatoms. The zero-order valence-corrected chi connectivity index (χ0v) is 21.6. The topological polar surface area (TPSA) is 122 Å². The lowest BCUT2D eigenvalue weighted by molar-refractivity contribution is 0.0550. The molecule has 198 valence electrons. The second-order valence-electron chi connectivity index (χ2n) is 10.2. The molecule has 0 aliphatic carbocycles. The summed E-state index contributed by atoms with van der Waals surface area (Å²) in [5, 5.41) is 13.7. The van der Waals surface area contributed by atoms with Crippen LogP contribution in [0, 0.1) is 13.8 Å². The van der Waals surface area contributed by atoms with E-state index in [1.165, 1.54) is 6.26 Å². The number of pyridine rings is 1. The van der Waals surface area contributed by atoms with Crippen LogP contribution >= 0.6 is 0 Å². The highest BCUT2D eigenvalue weighted by atomic mass is 16.5. The fraction of sp³-hybridized carbons (Fsp3) is 0.444. The first-order valence-electron chi connectivity index (χ1n) is 13.1. The molecule has 5 heterocycles. The molecule has 4 aromatic rings. The molecule has 3 aromatic heterocycles. The molecule has 11 nitrogen and oxygen atoms in total. The molecule has 2 fully saturated rings. The second-order valence-corrected chi connectivity index (χ2v) is 10.2. The summed E-state index contributed by atoms with van der Waals surface area (Å²) in [6.07, 6.45) is 3.51. The molecule has 1 aromatic carbocycles. The number of aromatic amines is 1. The lowest BCUT2D eigenvalue weighted by Gasteiger charge is -2.38. The molecule has 0 saturated carbocycles. The maximum Gasteiger partial charge on any atom is 0.289 e. The summed E-state index contributed by atoms with van der Waals surface area (Å²) in [6.45, 7) is 7.40. The minimum Gasteiger partial charge on any atom is -0.459 e. The van der Waals surface area contributed by atoms with E-state index in [-0.39, 0.29) is 17.6 Å².